The topological polar surface area (TPSA) is 36.3 Å². The monoisotopic (exact) mass is 208 g/mol. The van der Waals surface area contributed by atoms with Crippen LogP contribution in [0.15, 0.2) is 18.5 Å². The summed E-state index contributed by atoms with van der Waals surface area (Å²) in [6.45, 7) is 1.51. The zero-order valence-electron chi connectivity index (χ0n) is 8.76. The second kappa shape index (κ2) is 3.61. The Kier molecular flexibility index (Phi) is 2.25. The van der Waals surface area contributed by atoms with Crippen LogP contribution in [0, 0.1) is 0 Å². The maximum absolute atomic E-state index is 5.70. The number of ether oxygens (including phenoxy) is 2. The van der Waals surface area contributed by atoms with Crippen molar-refractivity contribution in [3.63, 3.8) is 0 Å². The van der Waals surface area contributed by atoms with Gasteiger partial charge >= 0.3 is 0 Å². The molecule has 0 N–H and O–H groups in total. The van der Waals surface area contributed by atoms with Crippen LogP contribution < -0.4 is 0 Å². The molecule has 1 aromatic heterocycles. The van der Waals surface area contributed by atoms with Crippen LogP contribution in [0.4, 0.5) is 0 Å². The lowest BCUT2D eigenvalue weighted by atomic mass is 9.90. The van der Waals surface area contributed by atoms with E-state index in [1.54, 1.807) is 0 Å². The molecule has 1 aliphatic heterocycles. The van der Waals surface area contributed by atoms with Crippen LogP contribution in [0.2, 0.25) is 0 Å². The van der Waals surface area contributed by atoms with Crippen molar-refractivity contribution in [2.75, 3.05) is 13.2 Å². The minimum Gasteiger partial charge on any atom is -0.348 e. The van der Waals surface area contributed by atoms with E-state index in [9.17, 15) is 0 Å². The number of hydrogen-bond donors (Lipinski definition) is 0. The zero-order valence-corrected chi connectivity index (χ0v) is 8.76. The summed E-state index contributed by atoms with van der Waals surface area (Å²) >= 11 is 0. The third-order valence-electron chi connectivity index (χ3n) is 3.43. The molecule has 0 amide bonds. The maximum Gasteiger partial charge on any atom is 0.168 e. The fourth-order valence-electron chi connectivity index (χ4n) is 2.59. The van der Waals surface area contributed by atoms with Crippen molar-refractivity contribution in [2.24, 2.45) is 0 Å². The molecule has 2 aliphatic rings. The van der Waals surface area contributed by atoms with Crippen LogP contribution in [0.5, 0.6) is 0 Å². The van der Waals surface area contributed by atoms with E-state index in [4.69, 9.17) is 9.47 Å². The first-order valence-corrected chi connectivity index (χ1v) is 5.65. The fraction of sp³-hybridized carbons (Fsp3) is 0.727. The molecule has 1 saturated carbocycles. The highest BCUT2D eigenvalue weighted by atomic mass is 16.7. The van der Waals surface area contributed by atoms with Gasteiger partial charge in [-0.1, -0.05) is 0 Å². The van der Waals surface area contributed by atoms with Gasteiger partial charge in [0.25, 0.3) is 0 Å². The predicted octanol–water partition coefficient (Wildman–Crippen LogP) is 1.74. The predicted molar refractivity (Wildman–Crippen MR) is 54.4 cm³/mol. The standard InChI is InChI=1S/C11H16N2O2/c1-6-12-13(7-1)10-2-4-11(5-3-10)14-8-9-15-11/h1,6-7,10H,2-5,8-9H2. The average Bonchev–Trinajstić information content (AvgIpc) is 2.91. The molecule has 0 unspecified atom stereocenters. The van der Waals surface area contributed by atoms with Crippen molar-refractivity contribution < 1.29 is 9.47 Å². The Morgan fingerprint density at radius 3 is 2.53 bits per heavy atom. The first-order chi connectivity index (χ1) is 7.38. The van der Waals surface area contributed by atoms with Crippen LogP contribution in [-0.4, -0.2) is 28.8 Å². The molecule has 4 heteroatoms. The van der Waals surface area contributed by atoms with E-state index < -0.39 is 0 Å². The van der Waals surface area contributed by atoms with Crippen LogP contribution >= 0.6 is 0 Å². The largest absolute Gasteiger partial charge is 0.348 e. The summed E-state index contributed by atoms with van der Waals surface area (Å²) in [5.74, 6) is -0.246. The van der Waals surface area contributed by atoms with Gasteiger partial charge in [-0.2, -0.15) is 5.10 Å². The fourth-order valence-corrected chi connectivity index (χ4v) is 2.59. The SMILES string of the molecule is c1cnn(C2CCC3(CC2)OCCO3)c1. The van der Waals surface area contributed by atoms with Crippen LogP contribution in [-0.2, 0) is 9.47 Å². The minimum absolute atomic E-state index is 0.246. The highest BCUT2D eigenvalue weighted by molar-refractivity contribution is 4.88. The summed E-state index contributed by atoms with van der Waals surface area (Å²) in [4.78, 5) is 0. The molecule has 1 aliphatic carbocycles. The van der Waals surface area contributed by atoms with E-state index in [-0.39, 0.29) is 5.79 Å². The number of hydrogen-bond acceptors (Lipinski definition) is 3. The number of nitrogens with zero attached hydrogens (tertiary/aromatic N) is 2. The molecule has 0 radical (unpaired) electrons. The van der Waals surface area contributed by atoms with Crippen molar-refractivity contribution in [3.05, 3.63) is 18.5 Å². The van der Waals surface area contributed by atoms with Crippen LogP contribution in [0.1, 0.15) is 31.7 Å². The van der Waals surface area contributed by atoms with E-state index >= 15 is 0 Å². The Hall–Kier alpha value is -0.870. The lowest BCUT2D eigenvalue weighted by molar-refractivity contribution is -0.181. The lowest BCUT2D eigenvalue weighted by Crippen LogP contribution is -2.35. The highest BCUT2D eigenvalue weighted by Crippen LogP contribution is 2.39. The molecule has 82 valence electrons. The van der Waals surface area contributed by atoms with E-state index in [2.05, 4.69) is 9.78 Å². The quantitative estimate of drug-likeness (QED) is 0.705. The molecule has 2 heterocycles. The van der Waals surface area contributed by atoms with Gasteiger partial charge in [-0.3, -0.25) is 4.68 Å². The van der Waals surface area contributed by atoms with Gasteiger partial charge in [0.1, 0.15) is 0 Å². The van der Waals surface area contributed by atoms with Gasteiger partial charge in [-0.15, -0.1) is 0 Å². The maximum atomic E-state index is 5.70. The zero-order chi connectivity index (χ0) is 10.1. The Morgan fingerprint density at radius 1 is 1.20 bits per heavy atom. The van der Waals surface area contributed by atoms with E-state index in [1.165, 1.54) is 0 Å². The molecule has 1 saturated heterocycles. The van der Waals surface area contributed by atoms with Crippen LogP contribution in [0.3, 0.4) is 0 Å². The Morgan fingerprint density at radius 2 is 1.93 bits per heavy atom. The third-order valence-corrected chi connectivity index (χ3v) is 3.43. The average molecular weight is 208 g/mol. The molecule has 1 spiro atoms. The Labute approximate surface area is 89.2 Å². The van der Waals surface area contributed by atoms with E-state index in [0.29, 0.717) is 6.04 Å². The molecule has 4 nitrogen and oxygen atoms in total. The van der Waals surface area contributed by atoms with Crippen molar-refractivity contribution in [1.29, 1.82) is 0 Å². The van der Waals surface area contributed by atoms with Gasteiger partial charge in [-0.05, 0) is 18.9 Å². The van der Waals surface area contributed by atoms with Gasteiger partial charge in [0.2, 0.25) is 0 Å². The Bertz CT molecular complexity index is 307. The summed E-state index contributed by atoms with van der Waals surface area (Å²) in [5, 5.41) is 4.29. The first kappa shape index (κ1) is 9.36. The summed E-state index contributed by atoms with van der Waals surface area (Å²) in [6.07, 6.45) is 8.07. The smallest absolute Gasteiger partial charge is 0.168 e. The summed E-state index contributed by atoms with van der Waals surface area (Å²) in [7, 11) is 0. The highest BCUT2D eigenvalue weighted by Gasteiger charge is 2.40. The van der Waals surface area contributed by atoms with Crippen molar-refractivity contribution in [2.45, 2.75) is 37.5 Å². The molecule has 3 rings (SSSR count). The number of aromatic nitrogens is 2. The first-order valence-electron chi connectivity index (χ1n) is 5.65. The van der Waals surface area contributed by atoms with Gasteiger partial charge in [0.05, 0.1) is 19.3 Å². The van der Waals surface area contributed by atoms with Gasteiger partial charge in [0, 0.05) is 25.2 Å². The summed E-state index contributed by atoms with van der Waals surface area (Å²) < 4.78 is 13.4. The normalized spacial score (nSPS) is 26.1. The second-order valence-corrected chi connectivity index (χ2v) is 4.32. The van der Waals surface area contributed by atoms with E-state index in [0.717, 1.165) is 38.9 Å². The van der Waals surface area contributed by atoms with E-state index in [1.807, 2.05) is 18.5 Å². The molecular formula is C11H16N2O2. The number of rotatable bonds is 1. The third kappa shape index (κ3) is 1.68. The molecule has 2 fully saturated rings. The minimum atomic E-state index is -0.246. The second-order valence-electron chi connectivity index (χ2n) is 4.32. The molecular weight excluding hydrogens is 192 g/mol. The molecule has 15 heavy (non-hydrogen) atoms. The van der Waals surface area contributed by atoms with Crippen molar-refractivity contribution in [1.82, 2.24) is 9.78 Å². The molecule has 0 atom stereocenters. The molecule has 0 aromatic carbocycles. The van der Waals surface area contributed by atoms with Gasteiger partial charge in [-0.25, -0.2) is 0 Å². The van der Waals surface area contributed by atoms with Gasteiger partial charge < -0.3 is 9.47 Å². The Balaban J connectivity index is 1.65. The van der Waals surface area contributed by atoms with Crippen molar-refractivity contribution in [3.8, 4) is 0 Å². The molecule has 1 aromatic rings. The lowest BCUT2D eigenvalue weighted by Gasteiger charge is -2.35. The van der Waals surface area contributed by atoms with Gasteiger partial charge in [0.15, 0.2) is 5.79 Å². The molecule has 0 bridgehead atoms. The van der Waals surface area contributed by atoms with Crippen LogP contribution in [0.25, 0.3) is 0 Å². The summed E-state index contributed by atoms with van der Waals surface area (Å²) in [6, 6.07) is 2.51. The summed E-state index contributed by atoms with van der Waals surface area (Å²) in [5.41, 5.74) is 0. The van der Waals surface area contributed by atoms with Crippen molar-refractivity contribution >= 4 is 0 Å².